The maximum atomic E-state index is 4.15. The summed E-state index contributed by atoms with van der Waals surface area (Å²) in [6.45, 7) is 12.2. The van der Waals surface area contributed by atoms with Crippen LogP contribution in [0.5, 0.6) is 0 Å². The lowest BCUT2D eigenvalue weighted by atomic mass is 10.3. The van der Waals surface area contributed by atoms with Gasteiger partial charge in [0, 0.05) is 22.2 Å². The highest BCUT2D eigenvalue weighted by molar-refractivity contribution is 8.06. The molecule has 0 unspecified atom stereocenters. The molecule has 0 spiro atoms. The van der Waals surface area contributed by atoms with Crippen LogP contribution in [-0.2, 0) is 0 Å². The van der Waals surface area contributed by atoms with Gasteiger partial charge in [0.1, 0.15) is 5.65 Å². The van der Waals surface area contributed by atoms with Crippen molar-refractivity contribution in [2.24, 2.45) is 0 Å². The summed E-state index contributed by atoms with van der Waals surface area (Å²) in [4.78, 5) is 8.57. The highest BCUT2D eigenvalue weighted by atomic mass is 32.2. The minimum absolute atomic E-state index is 0.972. The summed E-state index contributed by atoms with van der Waals surface area (Å²) >= 11 is 1.76. The van der Waals surface area contributed by atoms with Crippen LogP contribution in [0.25, 0.3) is 11.0 Å². The van der Waals surface area contributed by atoms with Gasteiger partial charge in [0.05, 0.1) is 0 Å². The van der Waals surface area contributed by atoms with Crippen LogP contribution in [-0.4, -0.2) is 9.97 Å². The zero-order valence-corrected chi connectivity index (χ0v) is 17.2. The summed E-state index contributed by atoms with van der Waals surface area (Å²) in [6.07, 6.45) is 15.4. The van der Waals surface area contributed by atoms with Crippen molar-refractivity contribution in [2.45, 2.75) is 48.0 Å². The molecular weight excluding hydrogens is 324 g/mol. The topological polar surface area (TPSA) is 28.7 Å². The van der Waals surface area contributed by atoms with E-state index >= 15 is 0 Å². The van der Waals surface area contributed by atoms with E-state index in [0.717, 1.165) is 17.8 Å². The Morgan fingerprint density at radius 2 is 2.00 bits per heavy atom. The van der Waals surface area contributed by atoms with Gasteiger partial charge in [-0.1, -0.05) is 62.9 Å². The van der Waals surface area contributed by atoms with Crippen molar-refractivity contribution in [3.05, 3.63) is 76.9 Å². The van der Waals surface area contributed by atoms with Gasteiger partial charge in [0.2, 0.25) is 0 Å². The maximum absolute atomic E-state index is 4.15. The van der Waals surface area contributed by atoms with E-state index in [2.05, 4.69) is 59.6 Å². The van der Waals surface area contributed by atoms with Gasteiger partial charge in [-0.3, -0.25) is 0 Å². The second kappa shape index (κ2) is 15.5. The van der Waals surface area contributed by atoms with Crippen LogP contribution in [0.1, 0.15) is 46.7 Å². The third-order valence-electron chi connectivity index (χ3n) is 2.91. The molecule has 0 fully saturated rings. The molecule has 0 aromatic carbocycles. The molecule has 0 atom stereocenters. The van der Waals surface area contributed by atoms with Crippen LogP contribution in [0.4, 0.5) is 0 Å². The minimum Gasteiger partial charge on any atom is -0.344 e. The molecule has 25 heavy (non-hydrogen) atoms. The largest absolute Gasteiger partial charge is 0.344 e. The Kier molecular flexibility index (Phi) is 14.3. The van der Waals surface area contributed by atoms with E-state index in [1.807, 2.05) is 52.0 Å². The number of pyridine rings is 1. The molecule has 2 rings (SSSR count). The number of fused-ring (bicyclic) bond motifs is 1. The van der Waals surface area contributed by atoms with Crippen LogP contribution >= 0.6 is 11.8 Å². The highest BCUT2D eigenvalue weighted by Gasteiger charge is 1.93. The van der Waals surface area contributed by atoms with Crippen molar-refractivity contribution in [1.82, 2.24) is 9.97 Å². The smallest absolute Gasteiger partial charge is 0.137 e. The highest BCUT2D eigenvalue weighted by Crippen LogP contribution is 2.18. The Balaban J connectivity index is 0.000000426. The molecule has 0 aliphatic heterocycles. The number of hydrogen-bond donors (Lipinski definition) is 1. The lowest BCUT2D eigenvalue weighted by Gasteiger charge is -1.93. The van der Waals surface area contributed by atoms with Crippen LogP contribution in [0.15, 0.2) is 71.2 Å². The fourth-order valence-electron chi connectivity index (χ4n) is 1.78. The summed E-state index contributed by atoms with van der Waals surface area (Å²) in [6, 6.07) is 6.07. The van der Waals surface area contributed by atoms with Gasteiger partial charge in [-0.05, 0) is 56.9 Å². The number of aryl methyl sites for hydroxylation is 1. The van der Waals surface area contributed by atoms with E-state index in [0.29, 0.717) is 0 Å². The van der Waals surface area contributed by atoms with Crippen molar-refractivity contribution in [1.29, 1.82) is 0 Å². The Hall–Kier alpha value is -2.00. The quantitative estimate of drug-likeness (QED) is 0.559. The number of aromatic nitrogens is 2. The Labute approximate surface area is 157 Å². The first-order chi connectivity index (χ1) is 12.2. The van der Waals surface area contributed by atoms with Gasteiger partial charge in [0.15, 0.2) is 0 Å². The SMILES string of the molecule is CC.C\C=C/C=C\C(=C/C)S/C=C/CC.Cc1cc2cccnc2[nH]1. The zero-order chi connectivity index (χ0) is 18.9. The molecule has 0 amide bonds. The van der Waals surface area contributed by atoms with Crippen LogP contribution in [0, 0.1) is 6.92 Å². The summed E-state index contributed by atoms with van der Waals surface area (Å²) in [7, 11) is 0. The zero-order valence-electron chi connectivity index (χ0n) is 16.4. The first-order valence-electron chi connectivity index (χ1n) is 8.89. The lowest BCUT2D eigenvalue weighted by molar-refractivity contribution is 1.23. The summed E-state index contributed by atoms with van der Waals surface area (Å²) in [5.41, 5.74) is 2.13. The number of nitrogens with zero attached hydrogens (tertiary/aromatic N) is 1. The third kappa shape index (κ3) is 10.5. The molecule has 1 N–H and O–H groups in total. The van der Waals surface area contributed by atoms with E-state index in [1.165, 1.54) is 10.3 Å². The number of rotatable bonds is 5. The average molecular weight is 357 g/mol. The normalized spacial score (nSPS) is 11.7. The molecule has 0 aliphatic rings. The van der Waals surface area contributed by atoms with Crippen LogP contribution in [0.3, 0.4) is 0 Å². The Morgan fingerprint density at radius 3 is 2.60 bits per heavy atom. The molecule has 136 valence electrons. The fraction of sp³-hybridized carbons (Fsp3) is 0.318. The first kappa shape index (κ1) is 23.0. The molecule has 0 bridgehead atoms. The van der Waals surface area contributed by atoms with E-state index in [4.69, 9.17) is 0 Å². The number of allylic oxidation sites excluding steroid dienone is 6. The van der Waals surface area contributed by atoms with Crippen molar-refractivity contribution >= 4 is 22.8 Å². The van der Waals surface area contributed by atoms with E-state index < -0.39 is 0 Å². The molecule has 2 heterocycles. The summed E-state index contributed by atoms with van der Waals surface area (Å²) in [5, 5.41) is 3.31. The molecule has 3 heteroatoms. The minimum atomic E-state index is 0.972. The van der Waals surface area contributed by atoms with E-state index in [9.17, 15) is 0 Å². The van der Waals surface area contributed by atoms with E-state index in [-0.39, 0.29) is 0 Å². The Bertz CT molecular complexity index is 658. The predicted molar refractivity (Wildman–Crippen MR) is 117 cm³/mol. The summed E-state index contributed by atoms with van der Waals surface area (Å²) < 4.78 is 0. The fourth-order valence-corrected chi connectivity index (χ4v) is 2.52. The molecule has 2 aromatic rings. The second-order valence-electron chi connectivity index (χ2n) is 4.87. The van der Waals surface area contributed by atoms with Crippen molar-refractivity contribution < 1.29 is 0 Å². The van der Waals surface area contributed by atoms with Gasteiger partial charge in [0.25, 0.3) is 0 Å². The van der Waals surface area contributed by atoms with Crippen LogP contribution in [0.2, 0.25) is 0 Å². The number of hydrogen-bond acceptors (Lipinski definition) is 2. The molecule has 2 nitrogen and oxygen atoms in total. The van der Waals surface area contributed by atoms with Crippen molar-refractivity contribution in [3.8, 4) is 0 Å². The van der Waals surface area contributed by atoms with Crippen molar-refractivity contribution in [3.63, 3.8) is 0 Å². The molecule has 2 aromatic heterocycles. The second-order valence-corrected chi connectivity index (χ2v) is 5.85. The van der Waals surface area contributed by atoms with Gasteiger partial charge in [-0.15, -0.1) is 0 Å². The molecule has 0 aliphatic carbocycles. The number of thioether (sulfide) groups is 1. The number of aromatic amines is 1. The van der Waals surface area contributed by atoms with Gasteiger partial charge >= 0.3 is 0 Å². The first-order valence-corrected chi connectivity index (χ1v) is 9.76. The monoisotopic (exact) mass is 356 g/mol. The Morgan fingerprint density at radius 1 is 1.24 bits per heavy atom. The van der Waals surface area contributed by atoms with Gasteiger partial charge in [-0.25, -0.2) is 4.98 Å². The standard InChI is InChI=1S/C12H18S.C8H8N2.C2H6/c1-4-7-9-10-12(6-3)13-11-8-5-2;1-6-5-7-3-2-4-9-8(7)10-6;1-2/h4,6-11H,5H2,1-3H3;2-5H,1H3,(H,9,10);1-2H3/b7-4-,10-9-,11-8+,12-6+;;. The molecule has 0 radical (unpaired) electrons. The molecular formula is C22H32N2S. The molecule has 0 saturated heterocycles. The van der Waals surface area contributed by atoms with Gasteiger partial charge < -0.3 is 4.98 Å². The molecule has 0 saturated carbocycles. The average Bonchev–Trinajstić information content (AvgIpc) is 3.03. The predicted octanol–water partition coefficient (Wildman–Crippen LogP) is 7.58. The lowest BCUT2D eigenvalue weighted by Crippen LogP contribution is -1.72. The maximum Gasteiger partial charge on any atom is 0.137 e. The number of H-pyrrole nitrogens is 1. The third-order valence-corrected chi connectivity index (χ3v) is 3.88. The van der Waals surface area contributed by atoms with E-state index in [1.54, 1.807) is 18.0 Å². The van der Waals surface area contributed by atoms with Crippen molar-refractivity contribution in [2.75, 3.05) is 0 Å². The van der Waals surface area contributed by atoms with Crippen LogP contribution < -0.4 is 0 Å². The van der Waals surface area contributed by atoms with Gasteiger partial charge in [-0.2, -0.15) is 0 Å². The summed E-state index contributed by atoms with van der Waals surface area (Å²) in [5.74, 6) is 0. The number of nitrogens with one attached hydrogen (secondary N) is 1.